The standard InChI is InChI=1S/C25H25NO3.ClH/c1-27-22-10-9-20(23-24(22)29-25(28-23)13-5-6-14-25)21(19-7-3-2-4-8-19)17-18-11-15-26-16-12-18;/h2-4,7-12,15-16,21H,5-6,13-14,17H2,1H3;1H. The number of rotatable bonds is 5. The Morgan fingerprint density at radius 2 is 1.63 bits per heavy atom. The van der Waals surface area contributed by atoms with Crippen molar-refractivity contribution in [3.8, 4) is 17.2 Å². The van der Waals surface area contributed by atoms with Crippen molar-refractivity contribution in [1.82, 2.24) is 4.98 Å². The molecule has 4 nitrogen and oxygen atoms in total. The molecule has 3 aromatic rings. The van der Waals surface area contributed by atoms with Crippen LogP contribution in [0.3, 0.4) is 0 Å². The highest BCUT2D eigenvalue weighted by atomic mass is 35.5. The second kappa shape index (κ2) is 8.57. The van der Waals surface area contributed by atoms with Crippen LogP contribution >= 0.6 is 12.4 Å². The Labute approximate surface area is 183 Å². The highest BCUT2D eigenvalue weighted by Crippen LogP contribution is 2.54. The van der Waals surface area contributed by atoms with Crippen LogP contribution in [0, 0.1) is 0 Å². The lowest BCUT2D eigenvalue weighted by Gasteiger charge is -2.23. The van der Waals surface area contributed by atoms with Crippen molar-refractivity contribution in [2.45, 2.75) is 43.8 Å². The molecule has 2 aliphatic rings. The molecule has 1 spiro atoms. The summed E-state index contributed by atoms with van der Waals surface area (Å²) in [6.07, 6.45) is 8.67. The smallest absolute Gasteiger partial charge is 0.251 e. The van der Waals surface area contributed by atoms with Gasteiger partial charge in [-0.05, 0) is 48.6 Å². The van der Waals surface area contributed by atoms with Crippen LogP contribution in [-0.4, -0.2) is 17.9 Å². The number of benzene rings is 2. The van der Waals surface area contributed by atoms with E-state index in [1.165, 1.54) is 11.1 Å². The summed E-state index contributed by atoms with van der Waals surface area (Å²) in [6.45, 7) is 0. The summed E-state index contributed by atoms with van der Waals surface area (Å²) in [5.74, 6) is 1.96. The average molecular weight is 424 g/mol. The second-order valence-electron chi connectivity index (χ2n) is 7.86. The van der Waals surface area contributed by atoms with E-state index in [0.717, 1.165) is 54.9 Å². The molecule has 1 aromatic heterocycles. The summed E-state index contributed by atoms with van der Waals surface area (Å²) in [6, 6.07) is 18.9. The monoisotopic (exact) mass is 423 g/mol. The molecule has 30 heavy (non-hydrogen) atoms. The number of nitrogens with zero attached hydrogens (tertiary/aromatic N) is 1. The van der Waals surface area contributed by atoms with Gasteiger partial charge in [0.15, 0.2) is 11.5 Å². The molecule has 5 heteroatoms. The third kappa shape index (κ3) is 3.72. The third-order valence-electron chi connectivity index (χ3n) is 6.03. The predicted octanol–water partition coefficient (Wildman–Crippen LogP) is 5.93. The van der Waals surface area contributed by atoms with E-state index in [-0.39, 0.29) is 18.3 Å². The number of ether oxygens (including phenoxy) is 3. The molecule has 1 unspecified atom stereocenters. The van der Waals surface area contributed by atoms with Crippen molar-refractivity contribution >= 4 is 12.4 Å². The van der Waals surface area contributed by atoms with Crippen LogP contribution in [-0.2, 0) is 6.42 Å². The Morgan fingerprint density at radius 3 is 2.33 bits per heavy atom. The topological polar surface area (TPSA) is 40.6 Å². The highest BCUT2D eigenvalue weighted by Gasteiger charge is 2.46. The summed E-state index contributed by atoms with van der Waals surface area (Å²) >= 11 is 0. The lowest BCUT2D eigenvalue weighted by molar-refractivity contribution is -0.0726. The zero-order valence-corrected chi connectivity index (χ0v) is 17.9. The van der Waals surface area contributed by atoms with Crippen LogP contribution in [0.2, 0.25) is 0 Å². The normalized spacial score (nSPS) is 16.8. The minimum absolute atomic E-state index is 0. The lowest BCUT2D eigenvalue weighted by atomic mass is 9.85. The summed E-state index contributed by atoms with van der Waals surface area (Å²) in [5.41, 5.74) is 3.65. The molecule has 1 fully saturated rings. The van der Waals surface area contributed by atoms with E-state index in [0.29, 0.717) is 0 Å². The largest absolute Gasteiger partial charge is 0.493 e. The Balaban J connectivity index is 0.00000218. The van der Waals surface area contributed by atoms with E-state index < -0.39 is 5.79 Å². The molecule has 1 aliphatic heterocycles. The maximum atomic E-state index is 6.55. The Kier molecular flexibility index (Phi) is 5.87. The molecule has 1 atom stereocenters. The first-order valence-corrected chi connectivity index (χ1v) is 10.3. The third-order valence-corrected chi connectivity index (χ3v) is 6.03. The van der Waals surface area contributed by atoms with Crippen molar-refractivity contribution in [3.05, 3.63) is 83.7 Å². The number of hydrogen-bond acceptors (Lipinski definition) is 4. The van der Waals surface area contributed by atoms with Gasteiger partial charge in [-0.1, -0.05) is 36.4 Å². The molecule has 0 amide bonds. The second-order valence-corrected chi connectivity index (χ2v) is 7.86. The van der Waals surface area contributed by atoms with Crippen molar-refractivity contribution in [2.24, 2.45) is 0 Å². The first-order valence-electron chi connectivity index (χ1n) is 10.3. The molecule has 2 heterocycles. The van der Waals surface area contributed by atoms with Gasteiger partial charge in [-0.15, -0.1) is 12.4 Å². The van der Waals surface area contributed by atoms with Gasteiger partial charge in [0.05, 0.1) is 7.11 Å². The number of hydrogen-bond donors (Lipinski definition) is 0. The van der Waals surface area contributed by atoms with Gasteiger partial charge in [0.2, 0.25) is 5.75 Å². The van der Waals surface area contributed by atoms with E-state index in [9.17, 15) is 0 Å². The van der Waals surface area contributed by atoms with Crippen LogP contribution in [0.4, 0.5) is 0 Å². The molecule has 0 bridgehead atoms. The molecule has 0 radical (unpaired) electrons. The van der Waals surface area contributed by atoms with Crippen LogP contribution < -0.4 is 14.2 Å². The van der Waals surface area contributed by atoms with Gasteiger partial charge in [-0.25, -0.2) is 0 Å². The van der Waals surface area contributed by atoms with Gasteiger partial charge in [0.1, 0.15) is 0 Å². The number of methoxy groups -OCH3 is 1. The van der Waals surface area contributed by atoms with Crippen LogP contribution in [0.15, 0.2) is 67.0 Å². The molecule has 0 N–H and O–H groups in total. The Morgan fingerprint density at radius 1 is 0.933 bits per heavy atom. The summed E-state index contributed by atoms with van der Waals surface area (Å²) < 4.78 is 18.6. The highest BCUT2D eigenvalue weighted by molar-refractivity contribution is 5.85. The van der Waals surface area contributed by atoms with Crippen LogP contribution in [0.5, 0.6) is 17.2 Å². The van der Waals surface area contributed by atoms with Crippen molar-refractivity contribution in [2.75, 3.05) is 7.11 Å². The minimum atomic E-state index is -0.524. The molecule has 1 saturated carbocycles. The van der Waals surface area contributed by atoms with E-state index in [4.69, 9.17) is 14.2 Å². The van der Waals surface area contributed by atoms with Crippen molar-refractivity contribution in [1.29, 1.82) is 0 Å². The molecule has 0 saturated heterocycles. The fraction of sp³-hybridized carbons (Fsp3) is 0.320. The zero-order chi connectivity index (χ0) is 19.7. The Hall–Kier alpha value is -2.72. The van der Waals surface area contributed by atoms with Crippen molar-refractivity contribution < 1.29 is 14.2 Å². The quantitative estimate of drug-likeness (QED) is 0.510. The number of pyridine rings is 1. The minimum Gasteiger partial charge on any atom is -0.493 e. The van der Waals surface area contributed by atoms with Crippen LogP contribution in [0.1, 0.15) is 48.3 Å². The summed E-state index contributed by atoms with van der Waals surface area (Å²) in [4.78, 5) is 4.17. The van der Waals surface area contributed by atoms with E-state index in [1.54, 1.807) is 7.11 Å². The van der Waals surface area contributed by atoms with Gasteiger partial charge >= 0.3 is 0 Å². The molecule has 5 rings (SSSR count). The fourth-order valence-electron chi connectivity index (χ4n) is 4.55. The Bertz CT molecular complexity index is 988. The van der Waals surface area contributed by atoms with E-state index >= 15 is 0 Å². The van der Waals surface area contributed by atoms with Gasteiger partial charge < -0.3 is 14.2 Å². The van der Waals surface area contributed by atoms with E-state index in [2.05, 4.69) is 53.5 Å². The van der Waals surface area contributed by atoms with Gasteiger partial charge in [0.25, 0.3) is 5.79 Å². The van der Waals surface area contributed by atoms with E-state index in [1.807, 2.05) is 18.5 Å². The maximum absolute atomic E-state index is 6.55. The fourth-order valence-corrected chi connectivity index (χ4v) is 4.55. The van der Waals surface area contributed by atoms with Gasteiger partial charge in [-0.2, -0.15) is 0 Å². The summed E-state index contributed by atoms with van der Waals surface area (Å²) in [7, 11) is 1.68. The first-order chi connectivity index (χ1) is 14.3. The molecule has 1 aliphatic carbocycles. The zero-order valence-electron chi connectivity index (χ0n) is 17.0. The molecular weight excluding hydrogens is 398 g/mol. The lowest BCUT2D eigenvalue weighted by Crippen LogP contribution is -2.34. The number of fused-ring (bicyclic) bond motifs is 1. The average Bonchev–Trinajstić information content (AvgIpc) is 3.39. The molecular formula is C25H26ClNO3. The van der Waals surface area contributed by atoms with Crippen LogP contribution in [0.25, 0.3) is 0 Å². The van der Waals surface area contributed by atoms with Gasteiger partial charge in [0, 0.05) is 36.7 Å². The predicted molar refractivity (Wildman–Crippen MR) is 119 cm³/mol. The van der Waals surface area contributed by atoms with Gasteiger partial charge in [-0.3, -0.25) is 4.98 Å². The first kappa shape index (κ1) is 20.5. The maximum Gasteiger partial charge on any atom is 0.251 e. The van der Waals surface area contributed by atoms with Crippen molar-refractivity contribution in [3.63, 3.8) is 0 Å². The SMILES string of the molecule is COc1ccc(C(Cc2ccncc2)c2ccccc2)c2c1OC1(CCCC1)O2.Cl. The molecule has 2 aromatic carbocycles. The summed E-state index contributed by atoms with van der Waals surface area (Å²) in [5, 5.41) is 0. The number of aromatic nitrogens is 1. The number of halogens is 1. The molecule has 156 valence electrons.